The molecule has 1 aromatic carbocycles. The van der Waals surface area contributed by atoms with E-state index in [-0.39, 0.29) is 28.5 Å². The molecule has 0 saturated carbocycles. The first kappa shape index (κ1) is 16.2. The third kappa shape index (κ3) is 3.72. The van der Waals surface area contributed by atoms with Crippen LogP contribution in [0, 0.1) is 11.7 Å². The van der Waals surface area contributed by atoms with Crippen LogP contribution in [0.1, 0.15) is 19.8 Å². The van der Waals surface area contributed by atoms with Crippen molar-refractivity contribution in [2.75, 3.05) is 11.9 Å². The van der Waals surface area contributed by atoms with Crippen molar-refractivity contribution >= 4 is 31.3 Å². The standard InChI is InChI=1S/C13H15ClFNO4S/c1-2-12-9(5-6-20-12)13(17)16-11-4-3-8(7-10(11)15)21(14,18)19/h3-4,7,9,12H,2,5-6H2,1H3,(H,16,17). The Balaban J connectivity index is 2.15. The number of rotatable bonds is 4. The van der Waals surface area contributed by atoms with Crippen LogP contribution >= 0.6 is 10.7 Å². The maximum Gasteiger partial charge on any atom is 0.261 e. The van der Waals surface area contributed by atoms with Gasteiger partial charge in [-0.1, -0.05) is 6.92 Å². The van der Waals surface area contributed by atoms with E-state index in [0.29, 0.717) is 19.4 Å². The van der Waals surface area contributed by atoms with E-state index < -0.39 is 14.9 Å². The van der Waals surface area contributed by atoms with Crippen molar-refractivity contribution < 1.29 is 22.3 Å². The third-order valence-electron chi connectivity index (χ3n) is 3.43. The van der Waals surface area contributed by atoms with Crippen LogP contribution in [-0.4, -0.2) is 27.0 Å². The maximum absolute atomic E-state index is 13.8. The number of carbonyl (C=O) groups is 1. The first-order valence-corrected chi connectivity index (χ1v) is 8.80. The van der Waals surface area contributed by atoms with E-state index in [1.165, 1.54) is 6.07 Å². The quantitative estimate of drug-likeness (QED) is 0.858. The molecule has 1 amide bonds. The molecule has 1 aliphatic heterocycles. The van der Waals surface area contributed by atoms with Crippen LogP contribution in [0.15, 0.2) is 23.1 Å². The summed E-state index contributed by atoms with van der Waals surface area (Å²) in [6.45, 7) is 2.42. The molecular weight excluding hydrogens is 321 g/mol. The van der Waals surface area contributed by atoms with Crippen molar-refractivity contribution in [1.29, 1.82) is 0 Å². The predicted molar refractivity (Wildman–Crippen MR) is 76.2 cm³/mol. The average molecular weight is 336 g/mol. The van der Waals surface area contributed by atoms with Crippen molar-refractivity contribution in [3.05, 3.63) is 24.0 Å². The normalized spacial score (nSPS) is 22.2. The van der Waals surface area contributed by atoms with Gasteiger partial charge < -0.3 is 10.1 Å². The van der Waals surface area contributed by atoms with E-state index in [4.69, 9.17) is 15.4 Å². The number of hydrogen-bond donors (Lipinski definition) is 1. The number of benzene rings is 1. The highest BCUT2D eigenvalue weighted by atomic mass is 35.7. The number of anilines is 1. The zero-order valence-corrected chi connectivity index (χ0v) is 12.9. The van der Waals surface area contributed by atoms with Gasteiger partial charge in [-0.15, -0.1) is 0 Å². The first-order valence-electron chi connectivity index (χ1n) is 6.49. The molecule has 0 bridgehead atoms. The Bertz CT molecular complexity index is 650. The van der Waals surface area contributed by atoms with Crippen LogP contribution in [0.2, 0.25) is 0 Å². The molecular formula is C13H15ClFNO4S. The molecule has 2 atom stereocenters. The molecule has 1 N–H and O–H groups in total. The highest BCUT2D eigenvalue weighted by molar-refractivity contribution is 8.13. The zero-order valence-electron chi connectivity index (χ0n) is 11.3. The zero-order chi connectivity index (χ0) is 15.6. The molecule has 21 heavy (non-hydrogen) atoms. The first-order chi connectivity index (χ1) is 9.82. The fourth-order valence-corrected chi connectivity index (χ4v) is 3.09. The minimum atomic E-state index is -4.00. The van der Waals surface area contributed by atoms with Gasteiger partial charge in [-0.25, -0.2) is 12.8 Å². The SMILES string of the molecule is CCC1OCCC1C(=O)Nc1ccc(S(=O)(=O)Cl)cc1F. The van der Waals surface area contributed by atoms with Crippen molar-refractivity contribution in [3.63, 3.8) is 0 Å². The van der Waals surface area contributed by atoms with Gasteiger partial charge in [-0.2, -0.15) is 0 Å². The second-order valence-corrected chi connectivity index (χ2v) is 7.35. The molecule has 1 aliphatic rings. The summed E-state index contributed by atoms with van der Waals surface area (Å²) in [5.74, 6) is -1.51. The van der Waals surface area contributed by atoms with Crippen LogP contribution in [0.5, 0.6) is 0 Å². The van der Waals surface area contributed by atoms with E-state index in [1.54, 1.807) is 0 Å². The number of nitrogens with one attached hydrogen (secondary N) is 1. The molecule has 2 rings (SSSR count). The summed E-state index contributed by atoms with van der Waals surface area (Å²) in [5.41, 5.74) is -0.0779. The van der Waals surface area contributed by atoms with Gasteiger partial charge in [0.1, 0.15) is 5.82 Å². The summed E-state index contributed by atoms with van der Waals surface area (Å²) in [6, 6.07) is 3.10. The van der Waals surface area contributed by atoms with Gasteiger partial charge in [0.15, 0.2) is 0 Å². The van der Waals surface area contributed by atoms with Crippen LogP contribution in [-0.2, 0) is 18.6 Å². The van der Waals surface area contributed by atoms with Gasteiger partial charge in [0, 0.05) is 17.3 Å². The molecule has 1 fully saturated rings. The number of carbonyl (C=O) groups excluding carboxylic acids is 1. The molecule has 1 saturated heterocycles. The third-order valence-corrected chi connectivity index (χ3v) is 4.78. The highest BCUT2D eigenvalue weighted by Crippen LogP contribution is 2.26. The van der Waals surface area contributed by atoms with Crippen LogP contribution in [0.3, 0.4) is 0 Å². The van der Waals surface area contributed by atoms with Crippen LogP contribution < -0.4 is 5.32 Å². The molecule has 2 unspecified atom stereocenters. The molecule has 8 heteroatoms. The lowest BCUT2D eigenvalue weighted by atomic mass is 9.98. The fraction of sp³-hybridized carbons (Fsp3) is 0.462. The molecule has 1 heterocycles. The summed E-state index contributed by atoms with van der Waals surface area (Å²) < 4.78 is 41.5. The Morgan fingerprint density at radius 3 is 2.81 bits per heavy atom. The van der Waals surface area contributed by atoms with E-state index in [2.05, 4.69) is 5.32 Å². The fourth-order valence-electron chi connectivity index (χ4n) is 2.33. The lowest BCUT2D eigenvalue weighted by molar-refractivity contribution is -0.121. The minimum absolute atomic E-state index is 0.0779. The van der Waals surface area contributed by atoms with Crippen molar-refractivity contribution in [2.45, 2.75) is 30.8 Å². The highest BCUT2D eigenvalue weighted by Gasteiger charge is 2.33. The van der Waals surface area contributed by atoms with E-state index in [1.807, 2.05) is 6.92 Å². The minimum Gasteiger partial charge on any atom is -0.377 e. The van der Waals surface area contributed by atoms with Crippen molar-refractivity contribution in [2.24, 2.45) is 5.92 Å². The number of hydrogen-bond acceptors (Lipinski definition) is 4. The summed E-state index contributed by atoms with van der Waals surface area (Å²) in [4.78, 5) is 11.8. The Morgan fingerprint density at radius 2 is 2.24 bits per heavy atom. The lowest BCUT2D eigenvalue weighted by Crippen LogP contribution is -2.29. The second kappa shape index (κ2) is 6.29. The van der Waals surface area contributed by atoms with Gasteiger partial charge in [0.05, 0.1) is 22.6 Å². The summed E-state index contributed by atoms with van der Waals surface area (Å²) >= 11 is 0. The summed E-state index contributed by atoms with van der Waals surface area (Å²) in [7, 11) is 1.13. The molecule has 5 nitrogen and oxygen atoms in total. The molecule has 0 radical (unpaired) electrons. The average Bonchev–Trinajstić information content (AvgIpc) is 2.88. The Morgan fingerprint density at radius 1 is 1.52 bits per heavy atom. The molecule has 1 aromatic rings. The van der Waals surface area contributed by atoms with Gasteiger partial charge in [0.25, 0.3) is 9.05 Å². The molecule has 0 aliphatic carbocycles. The lowest BCUT2D eigenvalue weighted by Gasteiger charge is -2.16. The van der Waals surface area contributed by atoms with E-state index in [9.17, 15) is 17.6 Å². The van der Waals surface area contributed by atoms with Crippen molar-refractivity contribution in [1.82, 2.24) is 0 Å². The van der Waals surface area contributed by atoms with Crippen LogP contribution in [0.25, 0.3) is 0 Å². The summed E-state index contributed by atoms with van der Waals surface area (Å²) in [5, 5.41) is 2.46. The largest absolute Gasteiger partial charge is 0.377 e. The molecule has 116 valence electrons. The molecule has 0 aromatic heterocycles. The number of ether oxygens (including phenoxy) is 1. The second-order valence-electron chi connectivity index (χ2n) is 4.78. The number of amides is 1. The van der Waals surface area contributed by atoms with Gasteiger partial charge in [0.2, 0.25) is 5.91 Å². The Labute approximate surface area is 126 Å². The van der Waals surface area contributed by atoms with Gasteiger partial charge >= 0.3 is 0 Å². The Hall–Kier alpha value is -1.18. The van der Waals surface area contributed by atoms with Crippen molar-refractivity contribution in [3.8, 4) is 0 Å². The van der Waals surface area contributed by atoms with E-state index >= 15 is 0 Å². The molecule has 0 spiro atoms. The maximum atomic E-state index is 13.8. The van der Waals surface area contributed by atoms with Gasteiger partial charge in [-0.3, -0.25) is 4.79 Å². The predicted octanol–water partition coefficient (Wildman–Crippen LogP) is 2.51. The van der Waals surface area contributed by atoms with E-state index in [0.717, 1.165) is 12.1 Å². The Kier molecular flexibility index (Phi) is 4.85. The topological polar surface area (TPSA) is 72.5 Å². The smallest absolute Gasteiger partial charge is 0.261 e. The van der Waals surface area contributed by atoms with Crippen LogP contribution in [0.4, 0.5) is 10.1 Å². The number of halogens is 2. The monoisotopic (exact) mass is 335 g/mol. The summed E-state index contributed by atoms with van der Waals surface area (Å²) in [6.07, 6.45) is 1.11. The van der Waals surface area contributed by atoms with Gasteiger partial charge in [-0.05, 0) is 31.0 Å².